The molecule has 0 aromatic heterocycles. The molecular weight excluding hydrogens is 398 g/mol. The fourth-order valence-corrected chi connectivity index (χ4v) is 4.14. The highest BCUT2D eigenvalue weighted by atomic mass is 32.2. The summed E-state index contributed by atoms with van der Waals surface area (Å²) in [5.74, 6) is 0.960. The van der Waals surface area contributed by atoms with Crippen molar-refractivity contribution < 1.29 is 14.4 Å². The fraction of sp³-hybridized carbons (Fsp3) is 0.348. The van der Waals surface area contributed by atoms with E-state index >= 15 is 0 Å². The van der Waals surface area contributed by atoms with E-state index in [-0.39, 0.29) is 18.4 Å². The van der Waals surface area contributed by atoms with Crippen molar-refractivity contribution in [3.05, 3.63) is 71.8 Å². The molecule has 0 unspecified atom stereocenters. The van der Waals surface area contributed by atoms with Gasteiger partial charge in [-0.1, -0.05) is 60.7 Å². The van der Waals surface area contributed by atoms with E-state index in [9.17, 15) is 14.4 Å². The van der Waals surface area contributed by atoms with E-state index in [1.54, 1.807) is 18.7 Å². The van der Waals surface area contributed by atoms with E-state index in [1.165, 1.54) is 5.56 Å². The average molecular weight is 426 g/mol. The third kappa shape index (κ3) is 5.86. The van der Waals surface area contributed by atoms with Crippen LogP contribution in [0.5, 0.6) is 0 Å². The summed E-state index contributed by atoms with van der Waals surface area (Å²) >= 11 is 1.72. The molecule has 1 atom stereocenters. The smallest absolute Gasteiger partial charge is 0.325 e. The summed E-state index contributed by atoms with van der Waals surface area (Å²) in [7, 11) is 0. The second-order valence-corrected chi connectivity index (χ2v) is 8.63. The van der Waals surface area contributed by atoms with Gasteiger partial charge in [0.15, 0.2) is 0 Å². The van der Waals surface area contributed by atoms with Crippen molar-refractivity contribution in [2.45, 2.75) is 31.1 Å². The molecule has 1 fully saturated rings. The lowest BCUT2D eigenvalue weighted by molar-refractivity contribution is -0.134. The lowest BCUT2D eigenvalue weighted by atomic mass is 9.93. The van der Waals surface area contributed by atoms with Crippen molar-refractivity contribution in [3.63, 3.8) is 0 Å². The highest BCUT2D eigenvalue weighted by Gasteiger charge is 2.47. The first-order valence-electron chi connectivity index (χ1n) is 10.0. The molecule has 0 bridgehead atoms. The molecule has 6 nitrogen and oxygen atoms in total. The van der Waals surface area contributed by atoms with Gasteiger partial charge in [0, 0.05) is 18.1 Å². The maximum Gasteiger partial charge on any atom is 0.325 e. The fourth-order valence-electron chi connectivity index (χ4n) is 3.33. The normalized spacial score (nSPS) is 18.4. The lowest BCUT2D eigenvalue weighted by Gasteiger charge is -2.21. The number of imide groups is 1. The molecular formula is C23H27N3O3S. The first-order chi connectivity index (χ1) is 14.5. The lowest BCUT2D eigenvalue weighted by Crippen LogP contribution is -2.45. The average Bonchev–Trinajstić information content (AvgIpc) is 2.97. The summed E-state index contributed by atoms with van der Waals surface area (Å²) < 4.78 is 0. The molecule has 1 aliphatic rings. The molecule has 0 radical (unpaired) electrons. The Labute approximate surface area is 181 Å². The minimum absolute atomic E-state index is 0.255. The Bertz CT molecular complexity index is 876. The Morgan fingerprint density at radius 1 is 1.03 bits per heavy atom. The van der Waals surface area contributed by atoms with E-state index in [2.05, 4.69) is 22.8 Å². The van der Waals surface area contributed by atoms with Gasteiger partial charge in [-0.05, 0) is 30.9 Å². The van der Waals surface area contributed by atoms with Crippen LogP contribution in [-0.4, -0.2) is 47.1 Å². The Morgan fingerprint density at radius 2 is 1.67 bits per heavy atom. The van der Waals surface area contributed by atoms with Gasteiger partial charge in [-0.3, -0.25) is 14.5 Å². The van der Waals surface area contributed by atoms with Crippen LogP contribution in [0.4, 0.5) is 4.79 Å². The number of urea groups is 1. The molecule has 7 heteroatoms. The molecule has 1 heterocycles. The number of nitrogens with zero attached hydrogens (tertiary/aromatic N) is 1. The number of amides is 4. The van der Waals surface area contributed by atoms with Gasteiger partial charge in [-0.2, -0.15) is 11.8 Å². The summed E-state index contributed by atoms with van der Waals surface area (Å²) in [6.07, 6.45) is 1.15. The number of benzene rings is 2. The molecule has 30 heavy (non-hydrogen) atoms. The summed E-state index contributed by atoms with van der Waals surface area (Å²) in [6.45, 7) is 1.95. The third-order valence-corrected chi connectivity index (χ3v) is 6.11. The zero-order chi connectivity index (χ0) is 21.4. The van der Waals surface area contributed by atoms with Crippen molar-refractivity contribution in [2.24, 2.45) is 0 Å². The van der Waals surface area contributed by atoms with E-state index < -0.39 is 11.6 Å². The molecule has 4 amide bonds. The highest BCUT2D eigenvalue weighted by Crippen LogP contribution is 2.23. The molecule has 158 valence electrons. The molecule has 2 aromatic carbocycles. The quantitative estimate of drug-likeness (QED) is 0.453. The first kappa shape index (κ1) is 21.9. The van der Waals surface area contributed by atoms with Gasteiger partial charge in [-0.15, -0.1) is 0 Å². The maximum atomic E-state index is 12.8. The second-order valence-electron chi connectivity index (χ2n) is 7.53. The van der Waals surface area contributed by atoms with Gasteiger partial charge in [0.1, 0.15) is 12.1 Å². The van der Waals surface area contributed by atoms with Crippen molar-refractivity contribution >= 4 is 29.6 Å². The summed E-state index contributed by atoms with van der Waals surface area (Å²) in [6, 6.07) is 19.4. The SMILES string of the molecule is C[C@@]1(CCc2ccccc2)NC(=O)N(CC(=O)NCCSCc2ccccc2)C1=O. The number of hydrogen-bond acceptors (Lipinski definition) is 4. The van der Waals surface area contributed by atoms with Crippen molar-refractivity contribution in [1.29, 1.82) is 0 Å². The standard InChI is InChI=1S/C23H27N3O3S/c1-23(13-12-18-8-4-2-5-9-18)21(28)26(22(29)25-23)16-20(27)24-14-15-30-17-19-10-6-3-7-11-19/h2-11H,12-17H2,1H3,(H,24,27)(H,25,29)/t23-/m0/s1. The zero-order valence-electron chi connectivity index (χ0n) is 17.1. The minimum Gasteiger partial charge on any atom is -0.354 e. The number of carbonyl (C=O) groups excluding carboxylic acids is 3. The van der Waals surface area contributed by atoms with Crippen molar-refractivity contribution in [2.75, 3.05) is 18.8 Å². The summed E-state index contributed by atoms with van der Waals surface area (Å²) in [5.41, 5.74) is 1.35. The molecule has 2 aromatic rings. The number of carbonyl (C=O) groups is 3. The number of rotatable bonds is 10. The number of aryl methyl sites for hydroxylation is 1. The first-order valence-corrected chi connectivity index (χ1v) is 11.2. The van der Waals surface area contributed by atoms with Crippen molar-refractivity contribution in [3.8, 4) is 0 Å². The third-order valence-electron chi connectivity index (χ3n) is 5.08. The molecule has 0 saturated carbocycles. The predicted molar refractivity (Wildman–Crippen MR) is 119 cm³/mol. The van der Waals surface area contributed by atoms with Crippen LogP contribution >= 0.6 is 11.8 Å². The van der Waals surface area contributed by atoms with Crippen molar-refractivity contribution in [1.82, 2.24) is 15.5 Å². The largest absolute Gasteiger partial charge is 0.354 e. The van der Waals surface area contributed by atoms with Crippen LogP contribution in [0, 0.1) is 0 Å². The van der Waals surface area contributed by atoms with E-state index in [4.69, 9.17) is 0 Å². The summed E-state index contributed by atoms with van der Waals surface area (Å²) in [4.78, 5) is 38.3. The molecule has 1 saturated heterocycles. The highest BCUT2D eigenvalue weighted by molar-refractivity contribution is 7.98. The van der Waals surface area contributed by atoms with Crippen LogP contribution < -0.4 is 10.6 Å². The number of hydrogen-bond donors (Lipinski definition) is 2. The monoisotopic (exact) mass is 425 g/mol. The van der Waals surface area contributed by atoms with Gasteiger partial charge in [0.2, 0.25) is 5.91 Å². The topological polar surface area (TPSA) is 78.5 Å². The molecule has 0 aliphatic carbocycles. The van der Waals surface area contributed by atoms with E-state index in [0.717, 1.165) is 22.0 Å². The van der Waals surface area contributed by atoms with Gasteiger partial charge >= 0.3 is 6.03 Å². The Kier molecular flexibility index (Phi) is 7.52. The Hall–Kier alpha value is -2.80. The molecule has 1 aliphatic heterocycles. The van der Waals surface area contributed by atoms with Gasteiger partial charge in [-0.25, -0.2) is 4.79 Å². The molecule has 2 N–H and O–H groups in total. The maximum absolute atomic E-state index is 12.8. The Balaban J connectivity index is 1.41. The molecule has 3 rings (SSSR count). The van der Waals surface area contributed by atoms with E-state index in [1.807, 2.05) is 48.5 Å². The van der Waals surface area contributed by atoms with Crippen LogP contribution in [-0.2, 0) is 21.8 Å². The Morgan fingerprint density at radius 3 is 2.33 bits per heavy atom. The van der Waals surface area contributed by atoms with Crippen LogP contribution in [0.25, 0.3) is 0 Å². The zero-order valence-corrected chi connectivity index (χ0v) is 17.9. The minimum atomic E-state index is -0.987. The van der Waals surface area contributed by atoms with Gasteiger partial charge < -0.3 is 10.6 Å². The number of thioether (sulfide) groups is 1. The van der Waals surface area contributed by atoms with Crippen LogP contribution in [0.3, 0.4) is 0 Å². The second kappa shape index (κ2) is 10.3. The van der Waals surface area contributed by atoms with Gasteiger partial charge in [0.25, 0.3) is 5.91 Å². The van der Waals surface area contributed by atoms with Gasteiger partial charge in [0.05, 0.1) is 0 Å². The van der Waals surface area contributed by atoms with Crippen LogP contribution in [0.2, 0.25) is 0 Å². The summed E-state index contributed by atoms with van der Waals surface area (Å²) in [5, 5.41) is 5.54. The van der Waals surface area contributed by atoms with Crippen LogP contribution in [0.15, 0.2) is 60.7 Å². The number of nitrogens with one attached hydrogen (secondary N) is 2. The van der Waals surface area contributed by atoms with E-state index in [0.29, 0.717) is 19.4 Å². The van der Waals surface area contributed by atoms with Crippen LogP contribution in [0.1, 0.15) is 24.5 Å². The predicted octanol–water partition coefficient (Wildman–Crippen LogP) is 2.98. The molecule has 0 spiro atoms.